The van der Waals surface area contributed by atoms with E-state index in [1.54, 1.807) is 0 Å². The zero-order valence-electron chi connectivity index (χ0n) is 40.5. The van der Waals surface area contributed by atoms with E-state index in [0.717, 1.165) is 62.3 Å². The maximum Gasteiger partial charge on any atom is 0.303 e. The van der Waals surface area contributed by atoms with Crippen LogP contribution in [0.3, 0.4) is 0 Å². The summed E-state index contributed by atoms with van der Waals surface area (Å²) in [4.78, 5) is 113. The van der Waals surface area contributed by atoms with Crippen LogP contribution in [0.5, 0.6) is 0 Å². The number of carbonyl (C=O) groups is 9. The minimum Gasteiger partial charge on any atom is -0.463 e. The molecule has 25 nitrogen and oxygen atoms in total. The minimum absolute atomic E-state index is 0.389. The summed E-state index contributed by atoms with van der Waals surface area (Å²) >= 11 is 0. The average molecular weight is 997 g/mol. The molecule has 68 heavy (non-hydrogen) atoms. The van der Waals surface area contributed by atoms with E-state index in [2.05, 4.69) is 0 Å². The van der Waals surface area contributed by atoms with Crippen LogP contribution < -0.4 is 0 Å². The van der Waals surface area contributed by atoms with Crippen molar-refractivity contribution in [3.63, 3.8) is 0 Å². The number of carbonyl (C=O) groups excluding carboxylic acids is 9. The molecule has 15 atom stereocenters. The summed E-state index contributed by atoms with van der Waals surface area (Å²) in [6, 6.07) is 0. The molecule has 1 N–H and O–H groups in total. The van der Waals surface area contributed by atoms with Gasteiger partial charge in [-0.2, -0.15) is 0 Å². The molecule has 0 aromatic carbocycles. The van der Waals surface area contributed by atoms with Crippen molar-refractivity contribution < 1.29 is 119 Å². The molecule has 0 aromatic rings. The van der Waals surface area contributed by atoms with E-state index in [-0.39, 0.29) is 6.61 Å². The smallest absolute Gasteiger partial charge is 0.303 e. The van der Waals surface area contributed by atoms with Crippen LogP contribution in [0.4, 0.5) is 0 Å². The molecule has 0 aliphatic carbocycles. The van der Waals surface area contributed by atoms with Gasteiger partial charge in [0, 0.05) is 62.3 Å². The summed E-state index contributed by atoms with van der Waals surface area (Å²) in [6.45, 7) is 17.1. The van der Waals surface area contributed by atoms with Crippen LogP contribution in [0.2, 0.25) is 18.1 Å². The predicted octanol–water partition coefficient (Wildman–Crippen LogP) is 0.594. The van der Waals surface area contributed by atoms with Gasteiger partial charge in [-0.25, -0.2) is 0 Å². The van der Waals surface area contributed by atoms with Crippen LogP contribution in [-0.2, 0) is 114 Å². The Labute approximate surface area is 393 Å². The molecule has 26 heteroatoms. The quantitative estimate of drug-likeness (QED) is 0.112. The third-order valence-corrected chi connectivity index (χ3v) is 15.3. The van der Waals surface area contributed by atoms with Crippen molar-refractivity contribution in [2.45, 2.75) is 193 Å². The number of hydrogen-bond acceptors (Lipinski definition) is 25. The van der Waals surface area contributed by atoms with Crippen molar-refractivity contribution >= 4 is 62.0 Å². The molecule has 0 spiro atoms. The van der Waals surface area contributed by atoms with E-state index in [0.29, 0.717) is 0 Å². The SMILES string of the molecule is CC(=O)OC[C@H]1O[C@@H](O[C@H]2[C@@H](OC(C)=O)[C@@H](CO[Si](C)(C)C(C)(C)C)O[C@@H](O[C@H]3[C@H](OC(C)=O)[C@H](OC(C)=O)[C@@H](O)O[C@@H]3COC(C)=O)[C@@H]2OC(C)=O)[C@H](OC(C)=O)[C@@H](OC(C)=O)[C@H]1OC(C)=O. The number of aliphatic hydroxyl groups excluding tert-OH is 1. The van der Waals surface area contributed by atoms with Crippen molar-refractivity contribution in [2.24, 2.45) is 0 Å². The van der Waals surface area contributed by atoms with Gasteiger partial charge in [0.05, 0.1) is 6.61 Å². The van der Waals surface area contributed by atoms with Gasteiger partial charge in [0.15, 0.2) is 69.9 Å². The fourth-order valence-corrected chi connectivity index (χ4v) is 8.09. The summed E-state index contributed by atoms with van der Waals surface area (Å²) in [5.74, 6) is -8.39. The van der Waals surface area contributed by atoms with E-state index in [4.69, 9.17) is 70.7 Å². The average Bonchev–Trinajstić information content (AvgIpc) is 3.17. The Morgan fingerprint density at radius 3 is 1.12 bits per heavy atom. The maximum atomic E-state index is 13.2. The summed E-state index contributed by atoms with van der Waals surface area (Å²) in [6.07, 6.45) is -26.5. The lowest BCUT2D eigenvalue weighted by molar-refractivity contribution is -0.379. The van der Waals surface area contributed by atoms with Gasteiger partial charge in [0.25, 0.3) is 0 Å². The zero-order valence-corrected chi connectivity index (χ0v) is 41.5. The van der Waals surface area contributed by atoms with Crippen LogP contribution in [0, 0.1) is 0 Å². The molecule has 3 rings (SSSR count). The van der Waals surface area contributed by atoms with E-state index in [9.17, 15) is 48.3 Å². The first kappa shape index (κ1) is 57.5. The van der Waals surface area contributed by atoms with Gasteiger partial charge in [0.2, 0.25) is 0 Å². The molecule has 3 fully saturated rings. The normalized spacial score (nSPS) is 31.7. The van der Waals surface area contributed by atoms with E-state index >= 15 is 0 Å². The second-order valence-corrected chi connectivity index (χ2v) is 22.4. The van der Waals surface area contributed by atoms with E-state index in [1.165, 1.54) is 0 Å². The summed E-state index contributed by atoms with van der Waals surface area (Å²) in [5, 5.41) is 10.6. The minimum atomic E-state index is -2.73. The number of esters is 9. The maximum absolute atomic E-state index is 13.2. The third-order valence-electron chi connectivity index (χ3n) is 10.8. The Kier molecular flexibility index (Phi) is 20.8. The number of hydrogen-bond donors (Lipinski definition) is 1. The molecule has 0 saturated carbocycles. The monoisotopic (exact) mass is 996 g/mol. The second kappa shape index (κ2) is 24.6. The van der Waals surface area contributed by atoms with Crippen molar-refractivity contribution in [3.05, 3.63) is 0 Å². The highest BCUT2D eigenvalue weighted by Gasteiger charge is 2.60. The van der Waals surface area contributed by atoms with Crippen molar-refractivity contribution in [2.75, 3.05) is 19.8 Å². The van der Waals surface area contributed by atoms with Gasteiger partial charge < -0.3 is 75.8 Å². The lowest BCUT2D eigenvalue weighted by Gasteiger charge is -2.50. The third kappa shape index (κ3) is 16.4. The van der Waals surface area contributed by atoms with Crippen LogP contribution in [0.25, 0.3) is 0 Å². The Morgan fingerprint density at radius 1 is 0.412 bits per heavy atom. The Balaban J connectivity index is 2.40. The highest BCUT2D eigenvalue weighted by molar-refractivity contribution is 6.74. The number of rotatable bonds is 18. The van der Waals surface area contributed by atoms with Gasteiger partial charge in [-0.1, -0.05) is 20.8 Å². The standard InChI is InChI=1S/C42H64O25Si/c1-18(43)53-15-27-32(33(58-22(5)47)36(39(52)63-27)60-24(7)49)66-40-38(62-26(9)51)35(31(57-21(4)46)29(65-40)17-55-68(13,14)42(10,11)12)67-41-37(61-25(8)50)34(59-23(6)48)30(56-20(3)45)28(64-41)16-54-19(2)44/h27-41,52H,15-17H2,1-14H3/t27-,28-,29-,30+,31+,32-,33+,34+,35+,36+,37-,38-,39+,40+,41+/m1/s1. The molecule has 3 aliphatic heterocycles. The second-order valence-electron chi connectivity index (χ2n) is 17.5. The molecule has 0 aromatic heterocycles. The van der Waals surface area contributed by atoms with Gasteiger partial charge in [0.1, 0.15) is 43.7 Å². The van der Waals surface area contributed by atoms with E-state index < -0.39 is 172 Å². The predicted molar refractivity (Wildman–Crippen MR) is 223 cm³/mol. The molecule has 3 saturated heterocycles. The number of aliphatic hydroxyl groups is 1. The molecular formula is C42H64O25Si. The highest BCUT2D eigenvalue weighted by Crippen LogP contribution is 2.40. The highest BCUT2D eigenvalue weighted by atomic mass is 28.4. The van der Waals surface area contributed by atoms with Crippen molar-refractivity contribution in [3.8, 4) is 0 Å². The lowest BCUT2D eigenvalue weighted by Crippen LogP contribution is -2.69. The van der Waals surface area contributed by atoms with Gasteiger partial charge in [-0.15, -0.1) is 0 Å². The summed E-state index contributed by atoms with van der Waals surface area (Å²) in [7, 11) is -2.73. The van der Waals surface area contributed by atoms with Gasteiger partial charge in [-0.3, -0.25) is 43.2 Å². The van der Waals surface area contributed by atoms with Crippen LogP contribution in [0.15, 0.2) is 0 Å². The van der Waals surface area contributed by atoms with Crippen molar-refractivity contribution in [1.29, 1.82) is 0 Å². The zero-order chi connectivity index (χ0) is 51.6. The largest absolute Gasteiger partial charge is 0.463 e. The molecule has 0 radical (unpaired) electrons. The molecule has 386 valence electrons. The van der Waals surface area contributed by atoms with Gasteiger partial charge in [-0.05, 0) is 18.1 Å². The van der Waals surface area contributed by atoms with Crippen LogP contribution >= 0.6 is 0 Å². The van der Waals surface area contributed by atoms with Crippen molar-refractivity contribution in [1.82, 2.24) is 0 Å². The molecule has 3 aliphatic rings. The lowest BCUT2D eigenvalue weighted by atomic mass is 9.95. The van der Waals surface area contributed by atoms with Gasteiger partial charge >= 0.3 is 53.7 Å². The molecular weight excluding hydrogens is 933 g/mol. The first-order chi connectivity index (χ1) is 31.4. The Hall–Kier alpha value is -4.83. The van der Waals surface area contributed by atoms with Crippen LogP contribution in [-0.4, -0.2) is 179 Å². The topological polar surface area (TPSA) is 312 Å². The summed E-state index contributed by atoms with van der Waals surface area (Å²) < 4.78 is 87.7. The molecule has 0 unspecified atom stereocenters. The van der Waals surface area contributed by atoms with Crippen LogP contribution in [0.1, 0.15) is 83.1 Å². The Morgan fingerprint density at radius 2 is 0.721 bits per heavy atom. The molecule has 0 amide bonds. The first-order valence-corrected chi connectivity index (χ1v) is 24.4. The fraction of sp³-hybridized carbons (Fsp3) is 0.786. The molecule has 0 bridgehead atoms. The van der Waals surface area contributed by atoms with E-state index in [1.807, 2.05) is 33.9 Å². The fourth-order valence-electron chi connectivity index (χ4n) is 7.08. The Bertz CT molecular complexity index is 1830. The number of ether oxygens (including phenoxy) is 14. The molecule has 3 heterocycles. The summed E-state index contributed by atoms with van der Waals surface area (Å²) in [5.41, 5.74) is 0. The first-order valence-electron chi connectivity index (χ1n) is 21.5.